The maximum Gasteiger partial charge on any atom is 0.338 e. The number of anilines is 1. The Morgan fingerprint density at radius 1 is 1.16 bits per heavy atom. The summed E-state index contributed by atoms with van der Waals surface area (Å²) in [5.41, 5.74) is 12.9. The van der Waals surface area contributed by atoms with E-state index < -0.39 is 5.66 Å². The highest BCUT2D eigenvalue weighted by Gasteiger charge is 2.42. The van der Waals surface area contributed by atoms with Crippen LogP contribution >= 0.6 is 0 Å². The van der Waals surface area contributed by atoms with Crippen molar-refractivity contribution in [1.29, 1.82) is 0 Å². The first-order chi connectivity index (χ1) is 11.9. The standard InChI is InChI=1S/C18H25N5O2/c1-12(2)25-15(24)13-6-8-14(9-7-13)23-17(20)21-16(19)22-18(23)10-4-3-5-11-18/h6-9,12H,3-5,10-11H2,1-2H3,(H4,19,20,21,22). The average molecular weight is 343 g/mol. The van der Waals surface area contributed by atoms with E-state index in [9.17, 15) is 4.79 Å². The average Bonchev–Trinajstić information content (AvgIpc) is 2.54. The van der Waals surface area contributed by atoms with Crippen molar-refractivity contribution >= 4 is 23.6 Å². The van der Waals surface area contributed by atoms with Crippen LogP contribution < -0.4 is 16.4 Å². The quantitative estimate of drug-likeness (QED) is 0.819. The summed E-state index contributed by atoms with van der Waals surface area (Å²) in [4.78, 5) is 22.8. The lowest BCUT2D eigenvalue weighted by Crippen LogP contribution is -2.58. The van der Waals surface area contributed by atoms with E-state index in [1.54, 1.807) is 12.1 Å². The number of nitrogens with zero attached hydrogens (tertiary/aromatic N) is 3. The fourth-order valence-corrected chi connectivity index (χ4v) is 3.52. The van der Waals surface area contributed by atoms with Crippen molar-refractivity contribution in [3.05, 3.63) is 29.8 Å². The van der Waals surface area contributed by atoms with Crippen LogP contribution in [0, 0.1) is 0 Å². The molecular weight excluding hydrogens is 318 g/mol. The van der Waals surface area contributed by atoms with Crippen molar-refractivity contribution in [3.63, 3.8) is 0 Å². The summed E-state index contributed by atoms with van der Waals surface area (Å²) in [7, 11) is 0. The molecular formula is C18H25N5O2. The molecule has 134 valence electrons. The van der Waals surface area contributed by atoms with E-state index >= 15 is 0 Å². The number of benzene rings is 1. The Labute approximate surface area is 147 Å². The number of hydrogen-bond donors (Lipinski definition) is 2. The van der Waals surface area contributed by atoms with E-state index in [0.29, 0.717) is 11.5 Å². The molecule has 0 aromatic heterocycles. The molecule has 1 saturated carbocycles. The van der Waals surface area contributed by atoms with Gasteiger partial charge in [-0.05, 0) is 63.8 Å². The molecule has 0 bridgehead atoms. The molecule has 0 radical (unpaired) electrons. The second-order valence-electron chi connectivity index (χ2n) is 6.82. The second-order valence-corrected chi connectivity index (χ2v) is 6.82. The van der Waals surface area contributed by atoms with E-state index in [-0.39, 0.29) is 18.0 Å². The van der Waals surface area contributed by atoms with Crippen LogP contribution in [0.4, 0.5) is 5.69 Å². The monoisotopic (exact) mass is 343 g/mol. The Balaban J connectivity index is 1.91. The summed E-state index contributed by atoms with van der Waals surface area (Å²) < 4.78 is 5.23. The molecule has 4 N–H and O–H groups in total. The zero-order valence-electron chi connectivity index (χ0n) is 14.7. The molecule has 0 amide bonds. The van der Waals surface area contributed by atoms with Gasteiger partial charge in [-0.3, -0.25) is 4.90 Å². The van der Waals surface area contributed by atoms with E-state index in [4.69, 9.17) is 16.2 Å². The number of hydrogen-bond acceptors (Lipinski definition) is 7. The molecule has 0 unspecified atom stereocenters. The highest BCUT2D eigenvalue weighted by atomic mass is 16.5. The molecule has 3 rings (SSSR count). The first-order valence-electron chi connectivity index (χ1n) is 8.72. The van der Waals surface area contributed by atoms with Gasteiger partial charge in [-0.1, -0.05) is 6.42 Å². The molecule has 0 saturated heterocycles. The number of carbonyl (C=O) groups excluding carboxylic acids is 1. The minimum atomic E-state index is -0.478. The van der Waals surface area contributed by atoms with Crippen molar-refractivity contribution < 1.29 is 9.53 Å². The van der Waals surface area contributed by atoms with Gasteiger partial charge < -0.3 is 16.2 Å². The number of nitrogens with two attached hydrogens (primary N) is 2. The lowest BCUT2D eigenvalue weighted by Gasteiger charge is -2.45. The van der Waals surface area contributed by atoms with Gasteiger partial charge in [-0.25, -0.2) is 9.79 Å². The fraction of sp³-hybridized carbons (Fsp3) is 0.500. The van der Waals surface area contributed by atoms with Crippen molar-refractivity contribution in [3.8, 4) is 0 Å². The Morgan fingerprint density at radius 2 is 1.80 bits per heavy atom. The third-order valence-electron chi connectivity index (χ3n) is 4.56. The summed E-state index contributed by atoms with van der Waals surface area (Å²) >= 11 is 0. The van der Waals surface area contributed by atoms with Gasteiger partial charge in [0.1, 0.15) is 5.66 Å². The topological polar surface area (TPSA) is 106 Å². The Morgan fingerprint density at radius 3 is 2.40 bits per heavy atom. The minimum Gasteiger partial charge on any atom is -0.459 e. The number of carbonyl (C=O) groups is 1. The van der Waals surface area contributed by atoms with Gasteiger partial charge in [0.25, 0.3) is 0 Å². The van der Waals surface area contributed by atoms with Crippen LogP contribution in [-0.2, 0) is 4.74 Å². The molecule has 1 fully saturated rings. The Bertz CT molecular complexity index is 703. The van der Waals surface area contributed by atoms with Crippen molar-refractivity contribution in [2.45, 2.75) is 57.7 Å². The zero-order chi connectivity index (χ0) is 18.0. The number of guanidine groups is 2. The molecule has 25 heavy (non-hydrogen) atoms. The summed E-state index contributed by atoms with van der Waals surface area (Å²) in [6.45, 7) is 3.65. The van der Waals surface area contributed by atoms with Gasteiger partial charge in [-0.15, -0.1) is 0 Å². The molecule has 1 aromatic carbocycles. The van der Waals surface area contributed by atoms with Gasteiger partial charge in [0.15, 0.2) is 0 Å². The molecule has 1 aliphatic carbocycles. The summed E-state index contributed by atoms with van der Waals surface area (Å²) in [5.74, 6) is 0.233. The normalized spacial score (nSPS) is 19.6. The van der Waals surface area contributed by atoms with Gasteiger partial charge in [-0.2, -0.15) is 4.99 Å². The van der Waals surface area contributed by atoms with Gasteiger partial charge in [0.2, 0.25) is 11.9 Å². The smallest absolute Gasteiger partial charge is 0.338 e. The van der Waals surface area contributed by atoms with Crippen molar-refractivity contribution in [2.75, 3.05) is 4.90 Å². The molecule has 1 aromatic rings. The van der Waals surface area contributed by atoms with E-state index in [2.05, 4.69) is 9.98 Å². The van der Waals surface area contributed by atoms with Crippen molar-refractivity contribution in [2.24, 2.45) is 21.5 Å². The van der Waals surface area contributed by atoms with Crippen LogP contribution in [0.1, 0.15) is 56.3 Å². The highest BCUT2D eigenvalue weighted by Crippen LogP contribution is 2.39. The van der Waals surface area contributed by atoms with Crippen LogP contribution in [0.5, 0.6) is 0 Å². The largest absolute Gasteiger partial charge is 0.459 e. The van der Waals surface area contributed by atoms with E-state index in [1.807, 2.05) is 30.9 Å². The fourth-order valence-electron chi connectivity index (χ4n) is 3.52. The van der Waals surface area contributed by atoms with Crippen LogP contribution in [-0.4, -0.2) is 29.7 Å². The SMILES string of the molecule is CC(C)OC(=O)c1ccc(N2C(N)=NC(N)=NC23CCCCC3)cc1. The number of ether oxygens (including phenoxy) is 1. The number of aliphatic imine (C=N–C) groups is 2. The first kappa shape index (κ1) is 17.3. The van der Waals surface area contributed by atoms with Gasteiger partial charge >= 0.3 is 5.97 Å². The third-order valence-corrected chi connectivity index (χ3v) is 4.56. The lowest BCUT2D eigenvalue weighted by molar-refractivity contribution is 0.0378. The Kier molecular flexibility index (Phi) is 4.65. The molecule has 7 nitrogen and oxygen atoms in total. The first-order valence-corrected chi connectivity index (χ1v) is 8.72. The maximum atomic E-state index is 12.0. The highest BCUT2D eigenvalue weighted by molar-refractivity contribution is 6.05. The zero-order valence-corrected chi connectivity index (χ0v) is 14.7. The number of esters is 1. The summed E-state index contributed by atoms with van der Waals surface area (Å²) in [6, 6.07) is 7.19. The molecule has 1 heterocycles. The maximum absolute atomic E-state index is 12.0. The minimum absolute atomic E-state index is 0.153. The molecule has 7 heteroatoms. The van der Waals surface area contributed by atoms with E-state index in [1.165, 1.54) is 6.42 Å². The van der Waals surface area contributed by atoms with Gasteiger partial charge in [0.05, 0.1) is 11.7 Å². The number of rotatable bonds is 3. The molecule has 0 atom stereocenters. The molecule has 1 aliphatic heterocycles. The van der Waals surface area contributed by atoms with Crippen LogP contribution in [0.3, 0.4) is 0 Å². The second kappa shape index (κ2) is 6.74. The van der Waals surface area contributed by atoms with Crippen LogP contribution in [0.25, 0.3) is 0 Å². The summed E-state index contributed by atoms with van der Waals surface area (Å²) in [6.07, 6.45) is 4.92. The van der Waals surface area contributed by atoms with Crippen LogP contribution in [0.15, 0.2) is 34.3 Å². The predicted octanol–water partition coefficient (Wildman–Crippen LogP) is 2.36. The van der Waals surface area contributed by atoms with E-state index in [0.717, 1.165) is 31.4 Å². The van der Waals surface area contributed by atoms with Crippen LogP contribution in [0.2, 0.25) is 0 Å². The summed E-state index contributed by atoms with van der Waals surface area (Å²) in [5, 5.41) is 0. The molecule has 2 aliphatic rings. The Hall–Kier alpha value is -2.57. The van der Waals surface area contributed by atoms with Gasteiger partial charge in [0, 0.05) is 5.69 Å². The van der Waals surface area contributed by atoms with Crippen molar-refractivity contribution in [1.82, 2.24) is 0 Å². The lowest BCUT2D eigenvalue weighted by atomic mass is 9.87. The molecule has 1 spiro atoms. The predicted molar refractivity (Wildman–Crippen MR) is 98.5 cm³/mol. The third kappa shape index (κ3) is 3.45.